The molecule has 1 aromatic carbocycles. The molecule has 0 bridgehead atoms. The van der Waals surface area contributed by atoms with Crippen LogP contribution in [0.5, 0.6) is 5.75 Å². The minimum absolute atomic E-state index is 0.00192. The number of nitrogens with one attached hydrogen (secondary N) is 3. The van der Waals surface area contributed by atoms with Crippen molar-refractivity contribution >= 4 is 40.9 Å². The molecule has 2 aliphatic rings. The van der Waals surface area contributed by atoms with E-state index in [9.17, 15) is 34.2 Å². The molecule has 4 amide bonds. The molecule has 1 aromatic heterocycles. The summed E-state index contributed by atoms with van der Waals surface area (Å²) in [6, 6.07) is 2.54. The second-order valence-electron chi connectivity index (χ2n) is 15.9. The number of hydrogen-bond acceptors (Lipinski definition) is 10. The maximum absolute atomic E-state index is 14.8. The van der Waals surface area contributed by atoms with Crippen LogP contribution in [-0.4, -0.2) is 112 Å². The van der Waals surface area contributed by atoms with E-state index in [0.717, 1.165) is 24.8 Å². The van der Waals surface area contributed by atoms with Gasteiger partial charge in [-0.1, -0.05) is 54.0 Å². The van der Waals surface area contributed by atoms with Gasteiger partial charge in [0.1, 0.15) is 34.6 Å². The van der Waals surface area contributed by atoms with E-state index in [1.54, 1.807) is 23.4 Å². The molecule has 2 aromatic rings. The number of nitrogens with zero attached hydrogens (tertiary/aromatic N) is 3. The molecule has 57 heavy (non-hydrogen) atoms. The predicted molar refractivity (Wildman–Crippen MR) is 219 cm³/mol. The van der Waals surface area contributed by atoms with Crippen LogP contribution < -0.4 is 16.0 Å². The number of fused-ring (bicyclic) bond motifs is 1. The Morgan fingerprint density at radius 1 is 1.09 bits per heavy atom. The van der Waals surface area contributed by atoms with E-state index in [1.807, 2.05) is 32.6 Å². The Morgan fingerprint density at radius 2 is 1.84 bits per heavy atom. The zero-order valence-corrected chi connectivity index (χ0v) is 35.5. The lowest BCUT2D eigenvalue weighted by Crippen LogP contribution is -2.60. The molecule has 14 nitrogen and oxygen atoms in total. The van der Waals surface area contributed by atoms with Gasteiger partial charge in [0.25, 0.3) is 5.91 Å². The van der Waals surface area contributed by atoms with Gasteiger partial charge in [0.2, 0.25) is 17.7 Å². The number of thiazole rings is 1. The lowest BCUT2D eigenvalue weighted by Gasteiger charge is -2.40. The fraction of sp³-hybridized carbons (Fsp3) is 0.667. The SMILES string of the molecule is CCCO[C@H](C[C@H](C(C)C)N(CCC)C(=O)[C@@H](NC(=O)[C@H]1CCCCN1C(=O)CNC)[C@@H](C)CC)c1nc(C(=O)N[C@H]2Cc3ccc(O)cc3[C@H](C(=O)O)C2)cs1. The Morgan fingerprint density at radius 3 is 2.49 bits per heavy atom. The number of carbonyl (C=O) groups excluding carboxylic acids is 4. The average Bonchev–Trinajstić information content (AvgIpc) is 3.69. The third kappa shape index (κ3) is 11.8. The van der Waals surface area contributed by atoms with E-state index in [2.05, 4.69) is 29.8 Å². The predicted octanol–water partition coefficient (Wildman–Crippen LogP) is 5.01. The summed E-state index contributed by atoms with van der Waals surface area (Å²) < 4.78 is 6.41. The van der Waals surface area contributed by atoms with Crippen LogP contribution in [0.1, 0.15) is 132 Å². The first-order chi connectivity index (χ1) is 27.2. The number of benzene rings is 1. The zero-order chi connectivity index (χ0) is 41.8. The van der Waals surface area contributed by atoms with Gasteiger partial charge in [0.05, 0.1) is 12.5 Å². The standard InChI is InChI=1S/C42H64N6O8S/c1-8-16-48(41(53)37(26(6)10-3)46-39(52)33-13-11-12-17-47(33)36(50)23-43-7)34(25(4)5)22-35(56-18-9-2)40-45-32(24-57-40)38(51)44-28-19-27-14-15-29(49)21-30(27)31(20-28)42(54)55/h14-15,21,24-26,28,31,33-35,37,43,49H,8-13,16-20,22-23H2,1-7H3,(H,44,51)(H,46,52)(H,54,55)/t26-,28-,31+,33+,34+,35+,37-/m0/s1. The number of phenolic OH excluding ortho intramolecular Hbond substituents is 1. The Kier molecular flexibility index (Phi) is 17.3. The van der Waals surface area contributed by atoms with Gasteiger partial charge in [-0.15, -0.1) is 11.3 Å². The fourth-order valence-electron chi connectivity index (χ4n) is 8.02. The van der Waals surface area contributed by atoms with Crippen molar-refractivity contribution in [3.63, 3.8) is 0 Å². The maximum atomic E-state index is 14.8. The smallest absolute Gasteiger partial charge is 0.311 e. The first kappa shape index (κ1) is 45.6. The number of likely N-dealkylation sites (tertiary alicyclic amines) is 1. The summed E-state index contributed by atoms with van der Waals surface area (Å²) in [6.07, 6.45) is 4.81. The number of hydrogen-bond donors (Lipinski definition) is 5. The number of aromatic nitrogens is 1. The molecule has 7 atom stereocenters. The summed E-state index contributed by atoms with van der Waals surface area (Å²) in [7, 11) is 1.70. The molecular formula is C42H64N6O8S. The quantitative estimate of drug-likeness (QED) is 0.122. The van der Waals surface area contributed by atoms with Crippen LogP contribution >= 0.6 is 11.3 Å². The maximum Gasteiger partial charge on any atom is 0.311 e. The Bertz CT molecular complexity index is 1680. The van der Waals surface area contributed by atoms with Gasteiger partial charge in [0.15, 0.2) is 0 Å². The van der Waals surface area contributed by atoms with E-state index < -0.39 is 42.0 Å². The van der Waals surface area contributed by atoms with Crippen molar-refractivity contribution in [2.75, 3.05) is 33.3 Å². The van der Waals surface area contributed by atoms with Crippen LogP contribution in [0.25, 0.3) is 0 Å². The van der Waals surface area contributed by atoms with E-state index in [4.69, 9.17) is 9.72 Å². The van der Waals surface area contributed by atoms with Crippen LogP contribution in [-0.2, 0) is 30.3 Å². The van der Waals surface area contributed by atoms with Gasteiger partial charge in [-0.05, 0) is 87.1 Å². The van der Waals surface area contributed by atoms with Crippen LogP contribution in [0, 0.1) is 11.8 Å². The van der Waals surface area contributed by atoms with Gasteiger partial charge in [-0.3, -0.25) is 24.0 Å². The number of rotatable bonds is 20. The normalized spacial score (nSPS) is 20.2. The molecule has 0 radical (unpaired) electrons. The Balaban J connectivity index is 1.55. The van der Waals surface area contributed by atoms with Gasteiger partial charge in [-0.25, -0.2) is 4.98 Å². The van der Waals surface area contributed by atoms with E-state index in [0.29, 0.717) is 62.4 Å². The van der Waals surface area contributed by atoms with Gasteiger partial charge < -0.3 is 40.7 Å². The van der Waals surface area contributed by atoms with Crippen LogP contribution in [0.2, 0.25) is 0 Å². The molecular weight excluding hydrogens is 749 g/mol. The highest BCUT2D eigenvalue weighted by molar-refractivity contribution is 7.09. The first-order valence-corrected chi connectivity index (χ1v) is 21.6. The molecule has 1 aliphatic carbocycles. The highest BCUT2D eigenvalue weighted by atomic mass is 32.1. The van der Waals surface area contributed by atoms with E-state index >= 15 is 0 Å². The number of piperidine rings is 1. The molecule has 316 valence electrons. The van der Waals surface area contributed by atoms with E-state index in [-0.39, 0.29) is 60.0 Å². The second kappa shape index (κ2) is 21.6. The number of likely N-dealkylation sites (N-methyl/N-ethyl adjacent to an activating group) is 1. The number of amides is 4. The highest BCUT2D eigenvalue weighted by Crippen LogP contribution is 2.35. The number of carboxylic acids is 1. The molecule has 2 heterocycles. The van der Waals surface area contributed by atoms with Gasteiger partial charge in [0, 0.05) is 43.6 Å². The number of ether oxygens (including phenoxy) is 1. The molecule has 1 saturated heterocycles. The van der Waals surface area contributed by atoms with Crippen LogP contribution in [0.3, 0.4) is 0 Å². The molecule has 5 N–H and O–H groups in total. The molecule has 15 heteroatoms. The first-order valence-electron chi connectivity index (χ1n) is 20.7. The monoisotopic (exact) mass is 812 g/mol. The van der Waals surface area contributed by atoms with Crippen molar-refractivity contribution in [2.24, 2.45) is 11.8 Å². The summed E-state index contributed by atoms with van der Waals surface area (Å²) >= 11 is 1.31. The molecule has 0 spiro atoms. The van der Waals surface area contributed by atoms with Crippen molar-refractivity contribution in [3.05, 3.63) is 45.4 Å². The summed E-state index contributed by atoms with van der Waals surface area (Å²) in [5.41, 5.74) is 1.52. The zero-order valence-electron chi connectivity index (χ0n) is 34.7. The van der Waals surface area contributed by atoms with Crippen molar-refractivity contribution in [3.8, 4) is 5.75 Å². The fourth-order valence-corrected chi connectivity index (χ4v) is 8.88. The molecule has 1 aliphatic heterocycles. The van der Waals surface area contributed by atoms with Crippen molar-refractivity contribution in [2.45, 2.75) is 136 Å². The lowest BCUT2D eigenvalue weighted by atomic mass is 9.80. The minimum Gasteiger partial charge on any atom is -0.508 e. The largest absolute Gasteiger partial charge is 0.508 e. The second-order valence-corrected chi connectivity index (χ2v) is 16.8. The molecule has 0 unspecified atom stereocenters. The number of aliphatic carboxylic acids is 1. The van der Waals surface area contributed by atoms with Crippen LogP contribution in [0.15, 0.2) is 23.6 Å². The summed E-state index contributed by atoms with van der Waals surface area (Å²) in [5.74, 6) is -3.06. The molecule has 0 saturated carbocycles. The third-order valence-electron chi connectivity index (χ3n) is 11.3. The number of carboxylic acid groups (broad SMARTS) is 1. The number of aromatic hydroxyl groups is 1. The number of phenols is 1. The number of carbonyl (C=O) groups is 5. The summed E-state index contributed by atoms with van der Waals surface area (Å²) in [5, 5.41) is 31.2. The van der Waals surface area contributed by atoms with Crippen LogP contribution in [0.4, 0.5) is 0 Å². The lowest BCUT2D eigenvalue weighted by molar-refractivity contribution is -0.145. The summed E-state index contributed by atoms with van der Waals surface area (Å²) in [4.78, 5) is 75.6. The van der Waals surface area contributed by atoms with Gasteiger partial charge in [-0.2, -0.15) is 0 Å². The van der Waals surface area contributed by atoms with Crippen molar-refractivity contribution < 1.29 is 38.9 Å². The average molecular weight is 813 g/mol. The topological polar surface area (TPSA) is 190 Å². The Hall–Kier alpha value is -4.08. The van der Waals surface area contributed by atoms with Gasteiger partial charge >= 0.3 is 5.97 Å². The van der Waals surface area contributed by atoms with Crippen molar-refractivity contribution in [1.29, 1.82) is 0 Å². The van der Waals surface area contributed by atoms with E-state index in [1.165, 1.54) is 23.5 Å². The third-order valence-corrected chi connectivity index (χ3v) is 12.2. The van der Waals surface area contributed by atoms with Crippen molar-refractivity contribution in [1.82, 2.24) is 30.7 Å². The highest BCUT2D eigenvalue weighted by Gasteiger charge is 2.40. The minimum atomic E-state index is -1.02. The molecule has 1 fully saturated rings. The summed E-state index contributed by atoms with van der Waals surface area (Å²) in [6.45, 7) is 13.7. The Labute approximate surface area is 341 Å². The molecule has 4 rings (SSSR count).